The summed E-state index contributed by atoms with van der Waals surface area (Å²) in [7, 11) is 0. The Labute approximate surface area is 96.6 Å². The SMILES string of the molecule is O=C(O)C(O)c1c(F)cc(Br)cc1[N+](=O)[O-]. The zero-order chi connectivity index (χ0) is 12.5. The first-order valence-electron chi connectivity index (χ1n) is 3.88. The molecule has 8 heteroatoms. The molecule has 86 valence electrons. The highest BCUT2D eigenvalue weighted by Gasteiger charge is 2.30. The summed E-state index contributed by atoms with van der Waals surface area (Å²) in [6.07, 6.45) is -2.27. The van der Waals surface area contributed by atoms with Crippen molar-refractivity contribution in [3.05, 3.63) is 38.1 Å². The number of aliphatic hydroxyl groups is 1. The molecule has 6 nitrogen and oxygen atoms in total. The Hall–Kier alpha value is -1.54. The van der Waals surface area contributed by atoms with Crippen LogP contribution in [0, 0.1) is 15.9 Å². The van der Waals surface area contributed by atoms with Gasteiger partial charge in [-0.25, -0.2) is 9.18 Å². The number of nitro groups is 1. The van der Waals surface area contributed by atoms with Gasteiger partial charge in [0.15, 0.2) is 6.10 Å². The molecule has 0 aliphatic carbocycles. The molecule has 0 bridgehead atoms. The van der Waals surface area contributed by atoms with Crippen LogP contribution < -0.4 is 0 Å². The molecule has 1 atom stereocenters. The summed E-state index contributed by atoms with van der Waals surface area (Å²) in [4.78, 5) is 20.1. The lowest BCUT2D eigenvalue weighted by Crippen LogP contribution is -2.14. The van der Waals surface area contributed by atoms with Crippen molar-refractivity contribution >= 4 is 27.6 Å². The van der Waals surface area contributed by atoms with Gasteiger partial charge in [-0.15, -0.1) is 0 Å². The van der Waals surface area contributed by atoms with Crippen LogP contribution in [0.25, 0.3) is 0 Å². The monoisotopic (exact) mass is 293 g/mol. The molecule has 0 heterocycles. The number of carboxylic acids is 1. The zero-order valence-electron chi connectivity index (χ0n) is 7.55. The molecule has 2 N–H and O–H groups in total. The third kappa shape index (κ3) is 2.34. The predicted octanol–water partition coefficient (Wildman–Crippen LogP) is 1.61. The maximum absolute atomic E-state index is 13.3. The fraction of sp³-hybridized carbons (Fsp3) is 0.125. The van der Waals surface area contributed by atoms with Gasteiger partial charge in [0.05, 0.1) is 4.92 Å². The van der Waals surface area contributed by atoms with E-state index in [-0.39, 0.29) is 4.47 Å². The first-order chi connectivity index (χ1) is 7.34. The second-order valence-corrected chi connectivity index (χ2v) is 3.73. The van der Waals surface area contributed by atoms with E-state index in [1.54, 1.807) is 0 Å². The van der Waals surface area contributed by atoms with E-state index in [9.17, 15) is 19.3 Å². The molecular formula is C8H5BrFNO5. The Balaban J connectivity index is 3.46. The summed E-state index contributed by atoms with van der Waals surface area (Å²) in [6.45, 7) is 0. The van der Waals surface area contributed by atoms with E-state index in [1.807, 2.05) is 0 Å². The molecule has 0 spiro atoms. The number of rotatable bonds is 3. The summed E-state index contributed by atoms with van der Waals surface area (Å²) in [5.74, 6) is -2.92. The van der Waals surface area contributed by atoms with Crippen molar-refractivity contribution in [3.8, 4) is 0 Å². The predicted molar refractivity (Wildman–Crippen MR) is 53.4 cm³/mol. The van der Waals surface area contributed by atoms with Crippen LogP contribution in [-0.2, 0) is 4.79 Å². The van der Waals surface area contributed by atoms with Crippen molar-refractivity contribution < 1.29 is 24.3 Å². The molecule has 1 aromatic carbocycles. The Morgan fingerprint density at radius 2 is 2.12 bits per heavy atom. The highest BCUT2D eigenvalue weighted by molar-refractivity contribution is 9.10. The lowest BCUT2D eigenvalue weighted by molar-refractivity contribution is -0.386. The van der Waals surface area contributed by atoms with E-state index in [0.717, 1.165) is 12.1 Å². The smallest absolute Gasteiger partial charge is 0.337 e. The number of halogens is 2. The fourth-order valence-electron chi connectivity index (χ4n) is 1.12. The van der Waals surface area contributed by atoms with E-state index in [2.05, 4.69) is 15.9 Å². The second-order valence-electron chi connectivity index (χ2n) is 2.82. The van der Waals surface area contributed by atoms with Crippen LogP contribution in [0.2, 0.25) is 0 Å². The molecule has 0 aromatic heterocycles. The van der Waals surface area contributed by atoms with Gasteiger partial charge in [-0.1, -0.05) is 15.9 Å². The lowest BCUT2D eigenvalue weighted by Gasteiger charge is -2.08. The van der Waals surface area contributed by atoms with Gasteiger partial charge < -0.3 is 10.2 Å². The van der Waals surface area contributed by atoms with Gasteiger partial charge in [0.2, 0.25) is 0 Å². The summed E-state index contributed by atoms with van der Waals surface area (Å²) in [6, 6.07) is 1.76. The van der Waals surface area contributed by atoms with Crippen LogP contribution in [0.4, 0.5) is 10.1 Å². The number of carbonyl (C=O) groups is 1. The Morgan fingerprint density at radius 1 is 1.56 bits per heavy atom. The number of benzene rings is 1. The van der Waals surface area contributed by atoms with Crippen molar-refractivity contribution in [1.29, 1.82) is 0 Å². The summed E-state index contributed by atoms with van der Waals surface area (Å²) >= 11 is 2.83. The summed E-state index contributed by atoms with van der Waals surface area (Å²) < 4.78 is 13.4. The Bertz CT molecular complexity index is 464. The first-order valence-corrected chi connectivity index (χ1v) is 4.68. The highest BCUT2D eigenvalue weighted by Crippen LogP contribution is 2.31. The molecule has 0 aliphatic rings. The third-order valence-electron chi connectivity index (χ3n) is 1.78. The van der Waals surface area contributed by atoms with Crippen molar-refractivity contribution in [1.82, 2.24) is 0 Å². The number of hydrogen-bond acceptors (Lipinski definition) is 4. The molecule has 0 saturated heterocycles. The van der Waals surface area contributed by atoms with Gasteiger partial charge >= 0.3 is 5.97 Å². The van der Waals surface area contributed by atoms with Gasteiger partial charge in [0, 0.05) is 10.5 Å². The summed E-state index contributed by atoms with van der Waals surface area (Å²) in [5, 5.41) is 28.2. The number of hydrogen-bond donors (Lipinski definition) is 2. The van der Waals surface area contributed by atoms with E-state index in [1.165, 1.54) is 0 Å². The molecule has 0 fully saturated rings. The molecule has 0 amide bonds. The number of aliphatic hydroxyl groups excluding tert-OH is 1. The molecule has 16 heavy (non-hydrogen) atoms. The van der Waals surface area contributed by atoms with Crippen molar-refractivity contribution in [3.63, 3.8) is 0 Å². The van der Waals surface area contributed by atoms with Crippen LogP contribution in [0.3, 0.4) is 0 Å². The van der Waals surface area contributed by atoms with E-state index >= 15 is 0 Å². The second kappa shape index (κ2) is 4.54. The number of aliphatic carboxylic acids is 1. The topological polar surface area (TPSA) is 101 Å². The molecule has 0 saturated carbocycles. The minimum absolute atomic E-state index is 0.0815. The maximum Gasteiger partial charge on any atom is 0.337 e. The molecule has 1 unspecified atom stereocenters. The van der Waals surface area contributed by atoms with Crippen LogP contribution >= 0.6 is 15.9 Å². The van der Waals surface area contributed by atoms with E-state index in [4.69, 9.17) is 10.2 Å². The average Bonchev–Trinajstić information content (AvgIpc) is 2.15. The Kier molecular flexibility index (Phi) is 3.55. The minimum atomic E-state index is -2.27. The molecule has 0 radical (unpaired) electrons. The fourth-order valence-corrected chi connectivity index (χ4v) is 1.53. The van der Waals surface area contributed by atoms with Crippen LogP contribution in [0.1, 0.15) is 11.7 Å². The van der Waals surface area contributed by atoms with Gasteiger partial charge in [-0.05, 0) is 6.07 Å². The number of nitro benzene ring substituents is 1. The minimum Gasteiger partial charge on any atom is -0.479 e. The first kappa shape index (κ1) is 12.5. The Morgan fingerprint density at radius 3 is 2.56 bits per heavy atom. The van der Waals surface area contributed by atoms with Crippen LogP contribution in [0.15, 0.2) is 16.6 Å². The molecule has 1 rings (SSSR count). The summed E-state index contributed by atoms with van der Waals surface area (Å²) in [5.41, 5.74) is -1.65. The van der Waals surface area contributed by atoms with Gasteiger partial charge in [-0.3, -0.25) is 10.1 Å². The van der Waals surface area contributed by atoms with Crippen molar-refractivity contribution in [2.75, 3.05) is 0 Å². The highest BCUT2D eigenvalue weighted by atomic mass is 79.9. The quantitative estimate of drug-likeness (QED) is 0.651. The number of nitrogens with zero attached hydrogens (tertiary/aromatic N) is 1. The molecule has 0 aliphatic heterocycles. The maximum atomic E-state index is 13.3. The van der Waals surface area contributed by atoms with Crippen molar-refractivity contribution in [2.45, 2.75) is 6.10 Å². The van der Waals surface area contributed by atoms with Crippen LogP contribution in [0.5, 0.6) is 0 Å². The van der Waals surface area contributed by atoms with Gasteiger partial charge in [0.25, 0.3) is 5.69 Å². The van der Waals surface area contributed by atoms with E-state index < -0.39 is 34.1 Å². The zero-order valence-corrected chi connectivity index (χ0v) is 9.14. The largest absolute Gasteiger partial charge is 0.479 e. The van der Waals surface area contributed by atoms with Crippen molar-refractivity contribution in [2.24, 2.45) is 0 Å². The van der Waals surface area contributed by atoms with Gasteiger partial charge in [-0.2, -0.15) is 0 Å². The van der Waals surface area contributed by atoms with Gasteiger partial charge in [0.1, 0.15) is 11.4 Å². The normalized spacial score (nSPS) is 12.2. The van der Waals surface area contributed by atoms with E-state index in [0.29, 0.717) is 0 Å². The standard InChI is InChI=1S/C8H5BrFNO5/c9-3-1-4(10)6(7(12)8(13)14)5(2-3)11(15)16/h1-2,7,12H,(H,13,14). The molecule has 1 aromatic rings. The molecular weight excluding hydrogens is 289 g/mol. The lowest BCUT2D eigenvalue weighted by atomic mass is 10.1. The third-order valence-corrected chi connectivity index (χ3v) is 2.23. The van der Waals surface area contributed by atoms with Crippen LogP contribution in [-0.4, -0.2) is 21.1 Å². The number of carboxylic acid groups (broad SMARTS) is 1. The average molecular weight is 294 g/mol.